The lowest BCUT2D eigenvalue weighted by Crippen LogP contribution is -2.03. The van der Waals surface area contributed by atoms with Crippen molar-refractivity contribution in [3.8, 4) is 5.75 Å². The number of nitro groups is 1. The van der Waals surface area contributed by atoms with Crippen molar-refractivity contribution in [3.63, 3.8) is 0 Å². The Kier molecular flexibility index (Phi) is 5.85. The van der Waals surface area contributed by atoms with E-state index in [1.807, 2.05) is 32.1 Å². The molecule has 0 spiro atoms. The molecule has 18 heavy (non-hydrogen) atoms. The molecular formula is C13H16BrNO3. The van der Waals surface area contributed by atoms with Crippen molar-refractivity contribution in [2.45, 2.75) is 26.7 Å². The van der Waals surface area contributed by atoms with Gasteiger partial charge in [0.2, 0.25) is 5.75 Å². The number of nitro benzene ring substituents is 1. The topological polar surface area (TPSA) is 52.4 Å². The summed E-state index contributed by atoms with van der Waals surface area (Å²) < 4.78 is 6.23. The number of allylic oxidation sites excluding steroid dienone is 2. The molecule has 0 radical (unpaired) electrons. The quantitative estimate of drug-likeness (QED) is 0.448. The highest BCUT2D eigenvalue weighted by Gasteiger charge is 2.20. The number of hydrogen-bond acceptors (Lipinski definition) is 3. The highest BCUT2D eigenvalue weighted by molar-refractivity contribution is 9.10. The van der Waals surface area contributed by atoms with E-state index in [4.69, 9.17) is 4.74 Å². The molecule has 1 aromatic carbocycles. The fourth-order valence-corrected chi connectivity index (χ4v) is 2.03. The van der Waals surface area contributed by atoms with Gasteiger partial charge in [0, 0.05) is 16.1 Å². The van der Waals surface area contributed by atoms with Gasteiger partial charge in [0.25, 0.3) is 0 Å². The molecule has 0 N–H and O–H groups in total. The largest absolute Gasteiger partial charge is 0.487 e. The van der Waals surface area contributed by atoms with Crippen molar-refractivity contribution >= 4 is 21.6 Å². The van der Waals surface area contributed by atoms with E-state index in [1.165, 1.54) is 6.07 Å². The zero-order valence-corrected chi connectivity index (χ0v) is 12.1. The monoisotopic (exact) mass is 313 g/mol. The highest BCUT2D eigenvalue weighted by Crippen LogP contribution is 2.35. The molecule has 0 aliphatic carbocycles. The third-order valence-electron chi connectivity index (χ3n) is 2.33. The molecule has 0 aliphatic heterocycles. The molecule has 0 unspecified atom stereocenters. The fourth-order valence-electron chi connectivity index (χ4n) is 1.54. The number of hydrogen-bond donors (Lipinski definition) is 0. The Morgan fingerprint density at radius 3 is 2.78 bits per heavy atom. The maximum Gasteiger partial charge on any atom is 0.312 e. The lowest BCUT2D eigenvalue weighted by Gasteiger charge is -2.10. The number of nitrogens with zero attached hydrogens (tertiary/aromatic N) is 1. The maximum absolute atomic E-state index is 11.0. The number of rotatable bonds is 6. The van der Waals surface area contributed by atoms with Crippen LogP contribution in [-0.2, 0) is 6.42 Å². The Hall–Kier alpha value is -1.36. The zero-order chi connectivity index (χ0) is 13.5. The average Bonchev–Trinajstić information content (AvgIpc) is 2.34. The van der Waals surface area contributed by atoms with Gasteiger partial charge in [-0.3, -0.25) is 10.1 Å². The molecule has 98 valence electrons. The van der Waals surface area contributed by atoms with Crippen LogP contribution in [0.5, 0.6) is 5.75 Å². The van der Waals surface area contributed by atoms with Crippen LogP contribution in [0.3, 0.4) is 0 Å². The van der Waals surface area contributed by atoms with E-state index < -0.39 is 4.92 Å². The summed E-state index contributed by atoms with van der Waals surface area (Å²) in [5.74, 6) is 0.378. The van der Waals surface area contributed by atoms with E-state index in [2.05, 4.69) is 15.9 Å². The number of benzene rings is 1. The van der Waals surface area contributed by atoms with E-state index in [9.17, 15) is 10.1 Å². The normalized spacial score (nSPS) is 10.8. The second-order valence-corrected chi connectivity index (χ2v) is 4.71. The summed E-state index contributed by atoms with van der Waals surface area (Å²) in [4.78, 5) is 10.6. The summed E-state index contributed by atoms with van der Waals surface area (Å²) in [5, 5.41) is 11.0. The molecule has 0 fully saturated rings. The predicted octanol–water partition coefficient (Wildman–Crippen LogP) is 4.26. The van der Waals surface area contributed by atoms with Crippen LogP contribution in [0.1, 0.15) is 25.8 Å². The first kappa shape index (κ1) is 14.7. The van der Waals surface area contributed by atoms with Crippen molar-refractivity contribution in [3.05, 3.63) is 44.4 Å². The molecule has 0 atom stereocenters. The molecule has 4 nitrogen and oxygen atoms in total. The van der Waals surface area contributed by atoms with Crippen molar-refractivity contribution < 1.29 is 9.66 Å². The Bertz CT molecular complexity index is 458. The van der Waals surface area contributed by atoms with Gasteiger partial charge in [0.1, 0.15) is 0 Å². The van der Waals surface area contributed by atoms with Crippen LogP contribution < -0.4 is 4.74 Å². The van der Waals surface area contributed by atoms with E-state index in [0.29, 0.717) is 23.2 Å². The standard InChI is InChI=1S/C13H16BrNO3/c1-3-5-6-10-8-11(14)9-12(15(16)17)13(10)18-7-4-2/h3,5,8-9H,4,6-7H2,1-2H3/b5-3+. The van der Waals surface area contributed by atoms with Crippen molar-refractivity contribution in [2.24, 2.45) is 0 Å². The van der Waals surface area contributed by atoms with Crippen LogP contribution in [0.25, 0.3) is 0 Å². The van der Waals surface area contributed by atoms with Gasteiger partial charge in [-0.15, -0.1) is 0 Å². The highest BCUT2D eigenvalue weighted by atomic mass is 79.9. The molecule has 1 aromatic rings. The smallest absolute Gasteiger partial charge is 0.312 e. The van der Waals surface area contributed by atoms with Crippen molar-refractivity contribution in [1.82, 2.24) is 0 Å². The first-order valence-corrected chi connectivity index (χ1v) is 6.60. The van der Waals surface area contributed by atoms with Gasteiger partial charge in [0.05, 0.1) is 11.5 Å². The first-order chi connectivity index (χ1) is 8.60. The first-order valence-electron chi connectivity index (χ1n) is 5.80. The molecule has 0 heterocycles. The third-order valence-corrected chi connectivity index (χ3v) is 2.79. The Labute approximate surface area is 115 Å². The Morgan fingerprint density at radius 2 is 2.22 bits per heavy atom. The lowest BCUT2D eigenvalue weighted by molar-refractivity contribution is -0.386. The summed E-state index contributed by atoms with van der Waals surface area (Å²) in [7, 11) is 0. The van der Waals surface area contributed by atoms with Crippen LogP contribution in [0.4, 0.5) is 5.69 Å². The predicted molar refractivity (Wildman–Crippen MR) is 75.1 cm³/mol. The van der Waals surface area contributed by atoms with Crippen LogP contribution >= 0.6 is 15.9 Å². The van der Waals surface area contributed by atoms with E-state index in [1.54, 1.807) is 0 Å². The molecule has 0 aromatic heterocycles. The van der Waals surface area contributed by atoms with E-state index in [0.717, 1.165) is 12.0 Å². The molecule has 0 amide bonds. The molecule has 1 rings (SSSR count). The van der Waals surface area contributed by atoms with Crippen LogP contribution in [0.2, 0.25) is 0 Å². The third kappa shape index (κ3) is 3.84. The van der Waals surface area contributed by atoms with Crippen molar-refractivity contribution in [2.75, 3.05) is 6.61 Å². The molecule has 0 saturated carbocycles. The summed E-state index contributed by atoms with van der Waals surface area (Å²) in [5.41, 5.74) is 0.833. The van der Waals surface area contributed by atoms with Crippen molar-refractivity contribution in [1.29, 1.82) is 0 Å². The zero-order valence-electron chi connectivity index (χ0n) is 10.5. The van der Waals surface area contributed by atoms with Crippen LogP contribution in [0, 0.1) is 10.1 Å². The molecule has 0 aliphatic rings. The van der Waals surface area contributed by atoms with Gasteiger partial charge in [-0.2, -0.15) is 0 Å². The number of ether oxygens (including phenoxy) is 1. The van der Waals surface area contributed by atoms with Crippen LogP contribution in [-0.4, -0.2) is 11.5 Å². The minimum absolute atomic E-state index is 0.0114. The maximum atomic E-state index is 11.0. The Balaban J connectivity index is 3.22. The summed E-state index contributed by atoms with van der Waals surface area (Å²) in [6, 6.07) is 3.34. The summed E-state index contributed by atoms with van der Waals surface area (Å²) in [6.07, 6.45) is 5.30. The summed E-state index contributed by atoms with van der Waals surface area (Å²) in [6.45, 7) is 4.36. The van der Waals surface area contributed by atoms with Gasteiger partial charge >= 0.3 is 5.69 Å². The fraction of sp³-hybridized carbons (Fsp3) is 0.385. The minimum atomic E-state index is -0.408. The summed E-state index contributed by atoms with van der Waals surface area (Å²) >= 11 is 3.29. The van der Waals surface area contributed by atoms with Gasteiger partial charge in [-0.25, -0.2) is 0 Å². The lowest BCUT2D eigenvalue weighted by atomic mass is 10.1. The second kappa shape index (κ2) is 7.16. The second-order valence-electron chi connectivity index (χ2n) is 3.79. The molecule has 5 heteroatoms. The van der Waals surface area contributed by atoms with Gasteiger partial charge in [-0.1, -0.05) is 35.0 Å². The minimum Gasteiger partial charge on any atom is -0.487 e. The SMILES string of the molecule is C/C=C/Cc1cc(Br)cc([N+](=O)[O-])c1OCCC. The average molecular weight is 314 g/mol. The van der Waals surface area contributed by atoms with Crippen LogP contribution in [0.15, 0.2) is 28.8 Å². The number of halogens is 1. The van der Waals surface area contributed by atoms with Gasteiger partial charge < -0.3 is 4.74 Å². The molecule has 0 bridgehead atoms. The molecule has 0 saturated heterocycles. The van der Waals surface area contributed by atoms with E-state index in [-0.39, 0.29) is 5.69 Å². The van der Waals surface area contributed by atoms with Gasteiger partial charge in [0.15, 0.2) is 0 Å². The van der Waals surface area contributed by atoms with E-state index >= 15 is 0 Å². The molecular weight excluding hydrogens is 298 g/mol. The van der Waals surface area contributed by atoms with Gasteiger partial charge in [-0.05, 0) is 25.8 Å². The Morgan fingerprint density at radius 1 is 1.50 bits per heavy atom.